The predicted molar refractivity (Wildman–Crippen MR) is 60.5 cm³/mol. The van der Waals surface area contributed by atoms with Crippen LogP contribution in [0.15, 0.2) is 41.6 Å². The van der Waals surface area contributed by atoms with E-state index in [1.54, 1.807) is 0 Å². The third-order valence-electron chi connectivity index (χ3n) is 1.81. The van der Waals surface area contributed by atoms with Crippen molar-refractivity contribution < 1.29 is 4.74 Å². The lowest BCUT2D eigenvalue weighted by atomic mass is 9.95. The Hall–Kier alpha value is -0.950. The molecule has 0 aliphatic carbocycles. The molecule has 0 unspecified atom stereocenters. The van der Waals surface area contributed by atoms with E-state index in [1.807, 2.05) is 30.3 Å². The van der Waals surface area contributed by atoms with Crippen LogP contribution in [0.5, 0.6) is 5.75 Å². The minimum atomic E-state index is -0.0718. The van der Waals surface area contributed by atoms with Crippen molar-refractivity contribution in [3.63, 3.8) is 0 Å². The second kappa shape index (κ2) is 4.52. The molecule has 0 N–H and O–H groups in total. The Kier molecular flexibility index (Phi) is 3.59. The minimum absolute atomic E-state index is 0.0718. The van der Waals surface area contributed by atoms with E-state index in [0.29, 0.717) is 0 Å². The Morgan fingerprint density at radius 3 is 2.21 bits per heavy atom. The van der Waals surface area contributed by atoms with Gasteiger partial charge in [-0.05, 0) is 12.1 Å². The monoisotopic (exact) mass is 210 g/mol. The van der Waals surface area contributed by atoms with E-state index < -0.39 is 0 Å². The van der Waals surface area contributed by atoms with E-state index in [-0.39, 0.29) is 5.41 Å². The van der Waals surface area contributed by atoms with E-state index in [2.05, 4.69) is 20.8 Å². The smallest absolute Gasteiger partial charge is 0.127 e. The molecule has 0 heterocycles. The zero-order valence-corrected chi connectivity index (χ0v) is 9.51. The number of allylic oxidation sites excluding steroid dienone is 1. The van der Waals surface area contributed by atoms with Crippen molar-refractivity contribution in [1.29, 1.82) is 0 Å². The average molecular weight is 211 g/mol. The first kappa shape index (κ1) is 11.1. The molecule has 0 aliphatic rings. The van der Waals surface area contributed by atoms with Gasteiger partial charge in [-0.1, -0.05) is 50.6 Å². The number of halogens is 1. The highest BCUT2D eigenvalue weighted by atomic mass is 35.5. The Bertz CT molecular complexity index is 309. The van der Waals surface area contributed by atoms with E-state index in [9.17, 15) is 0 Å². The maximum absolute atomic E-state index is 5.72. The van der Waals surface area contributed by atoms with Gasteiger partial charge in [0.05, 0.1) is 0 Å². The van der Waals surface area contributed by atoms with E-state index in [4.69, 9.17) is 16.3 Å². The summed E-state index contributed by atoms with van der Waals surface area (Å²) < 4.78 is 5.66. The van der Waals surface area contributed by atoms with Crippen LogP contribution in [0, 0.1) is 5.41 Å². The van der Waals surface area contributed by atoms with Crippen molar-refractivity contribution in [1.82, 2.24) is 0 Å². The summed E-state index contributed by atoms with van der Waals surface area (Å²) in [6, 6.07) is 9.64. The van der Waals surface area contributed by atoms with Crippen LogP contribution in [0.1, 0.15) is 20.8 Å². The van der Waals surface area contributed by atoms with Gasteiger partial charge in [0, 0.05) is 11.0 Å². The molecule has 0 saturated heterocycles. The molecule has 0 fully saturated rings. The molecule has 1 rings (SSSR count). The molecule has 0 saturated carbocycles. The third kappa shape index (κ3) is 3.08. The van der Waals surface area contributed by atoms with Crippen molar-refractivity contribution in [2.45, 2.75) is 20.8 Å². The lowest BCUT2D eigenvalue weighted by Crippen LogP contribution is -2.14. The molecule has 0 bridgehead atoms. The van der Waals surface area contributed by atoms with Gasteiger partial charge >= 0.3 is 0 Å². The Balaban J connectivity index is 2.78. The lowest BCUT2D eigenvalue weighted by molar-refractivity contribution is 0.295. The molecule has 1 aromatic carbocycles. The summed E-state index contributed by atoms with van der Waals surface area (Å²) in [4.78, 5) is 0. The maximum atomic E-state index is 5.72. The van der Waals surface area contributed by atoms with Gasteiger partial charge in [0.1, 0.15) is 11.5 Å². The minimum Gasteiger partial charge on any atom is -0.460 e. The standard InChI is InChI=1S/C12H15ClO/c1-12(2,3)11(9-13)14-10-7-5-4-6-8-10/h4-9H,1-3H3/b11-9-. The molecular weight excluding hydrogens is 196 g/mol. The summed E-state index contributed by atoms with van der Waals surface area (Å²) in [5.41, 5.74) is 1.42. The van der Waals surface area contributed by atoms with Crippen molar-refractivity contribution in [3.05, 3.63) is 41.6 Å². The van der Waals surface area contributed by atoms with E-state index in [1.165, 1.54) is 5.54 Å². The number of para-hydroxylation sites is 1. The van der Waals surface area contributed by atoms with Crippen LogP contribution >= 0.6 is 11.6 Å². The molecule has 14 heavy (non-hydrogen) atoms. The quantitative estimate of drug-likeness (QED) is 0.665. The fourth-order valence-corrected chi connectivity index (χ4v) is 1.33. The molecule has 0 radical (unpaired) electrons. The zero-order chi connectivity index (χ0) is 10.6. The predicted octanol–water partition coefficient (Wildman–Crippen LogP) is 4.19. The van der Waals surface area contributed by atoms with Gasteiger partial charge in [-0.25, -0.2) is 0 Å². The van der Waals surface area contributed by atoms with Crippen LogP contribution in [0.4, 0.5) is 0 Å². The number of ether oxygens (including phenoxy) is 1. The molecular formula is C12H15ClO. The van der Waals surface area contributed by atoms with Crippen LogP contribution < -0.4 is 4.74 Å². The first-order valence-corrected chi connectivity index (χ1v) is 5.01. The Morgan fingerprint density at radius 2 is 1.79 bits per heavy atom. The van der Waals surface area contributed by atoms with Gasteiger partial charge in [0.2, 0.25) is 0 Å². The topological polar surface area (TPSA) is 9.23 Å². The van der Waals surface area contributed by atoms with Gasteiger partial charge in [-0.2, -0.15) is 0 Å². The third-order valence-corrected chi connectivity index (χ3v) is 2.01. The van der Waals surface area contributed by atoms with Crippen LogP contribution in [-0.4, -0.2) is 0 Å². The molecule has 2 heteroatoms. The summed E-state index contributed by atoms with van der Waals surface area (Å²) in [5, 5.41) is 0. The first-order valence-electron chi connectivity index (χ1n) is 4.58. The van der Waals surface area contributed by atoms with Gasteiger partial charge in [-0.3, -0.25) is 0 Å². The van der Waals surface area contributed by atoms with Crippen LogP contribution in [-0.2, 0) is 0 Å². The molecule has 1 aromatic rings. The van der Waals surface area contributed by atoms with Gasteiger partial charge < -0.3 is 4.74 Å². The summed E-state index contributed by atoms with van der Waals surface area (Å²) in [6.07, 6.45) is 0. The molecule has 0 spiro atoms. The molecule has 0 amide bonds. The van der Waals surface area contributed by atoms with Crippen molar-refractivity contribution >= 4 is 11.6 Å². The lowest BCUT2D eigenvalue weighted by Gasteiger charge is -2.22. The van der Waals surface area contributed by atoms with Gasteiger partial charge in [0.25, 0.3) is 0 Å². The van der Waals surface area contributed by atoms with Crippen molar-refractivity contribution in [2.75, 3.05) is 0 Å². The second-order valence-corrected chi connectivity index (χ2v) is 4.36. The summed E-state index contributed by atoms with van der Waals surface area (Å²) in [5.74, 6) is 1.58. The molecule has 0 aliphatic heterocycles. The highest BCUT2D eigenvalue weighted by molar-refractivity contribution is 6.25. The molecule has 0 atom stereocenters. The summed E-state index contributed by atoms with van der Waals surface area (Å²) in [7, 11) is 0. The average Bonchev–Trinajstić information content (AvgIpc) is 2.14. The van der Waals surface area contributed by atoms with Crippen LogP contribution in [0.25, 0.3) is 0 Å². The fourth-order valence-electron chi connectivity index (χ4n) is 0.955. The molecule has 76 valence electrons. The SMILES string of the molecule is CC(C)(C)/C(=C/Cl)Oc1ccccc1. The van der Waals surface area contributed by atoms with Crippen molar-refractivity contribution in [2.24, 2.45) is 5.41 Å². The number of hydrogen-bond acceptors (Lipinski definition) is 1. The van der Waals surface area contributed by atoms with Crippen LogP contribution in [0.2, 0.25) is 0 Å². The molecule has 1 nitrogen and oxygen atoms in total. The van der Waals surface area contributed by atoms with E-state index in [0.717, 1.165) is 11.5 Å². The van der Waals surface area contributed by atoms with Gasteiger partial charge in [0.15, 0.2) is 0 Å². The Morgan fingerprint density at radius 1 is 1.21 bits per heavy atom. The largest absolute Gasteiger partial charge is 0.460 e. The maximum Gasteiger partial charge on any atom is 0.127 e. The highest BCUT2D eigenvalue weighted by Gasteiger charge is 2.18. The normalized spacial score (nSPS) is 12.7. The number of benzene rings is 1. The zero-order valence-electron chi connectivity index (χ0n) is 8.75. The number of hydrogen-bond donors (Lipinski definition) is 0. The van der Waals surface area contributed by atoms with Crippen LogP contribution in [0.3, 0.4) is 0 Å². The Labute approximate surface area is 90.3 Å². The van der Waals surface area contributed by atoms with Crippen molar-refractivity contribution in [3.8, 4) is 5.75 Å². The summed E-state index contributed by atoms with van der Waals surface area (Å²) in [6.45, 7) is 6.18. The van der Waals surface area contributed by atoms with Gasteiger partial charge in [-0.15, -0.1) is 0 Å². The number of rotatable bonds is 2. The van der Waals surface area contributed by atoms with E-state index >= 15 is 0 Å². The second-order valence-electron chi connectivity index (χ2n) is 4.14. The highest BCUT2D eigenvalue weighted by Crippen LogP contribution is 2.28. The molecule has 0 aromatic heterocycles. The first-order chi connectivity index (χ1) is 6.54. The summed E-state index contributed by atoms with van der Waals surface area (Å²) >= 11 is 5.72. The fraction of sp³-hybridized carbons (Fsp3) is 0.333.